The standard InChI is InChI=1S/C13H13N3O2S/c14-9-11-4-6-13(7-5-11)19(17,18)16-8-2-1-3-12(16)10-15/h4-7,12H,1-3,8H2. The summed E-state index contributed by atoms with van der Waals surface area (Å²) >= 11 is 0. The lowest BCUT2D eigenvalue weighted by molar-refractivity contribution is 0.297. The van der Waals surface area contributed by atoms with Crippen LogP contribution in [0.25, 0.3) is 0 Å². The maximum atomic E-state index is 12.4. The third-order valence-corrected chi connectivity index (χ3v) is 5.12. The van der Waals surface area contributed by atoms with Gasteiger partial charge in [0.05, 0.1) is 22.6 Å². The van der Waals surface area contributed by atoms with Gasteiger partial charge >= 0.3 is 0 Å². The lowest BCUT2D eigenvalue weighted by atomic mass is 10.1. The Balaban J connectivity index is 2.35. The number of rotatable bonds is 2. The highest BCUT2D eigenvalue weighted by Gasteiger charge is 2.33. The molecule has 0 bridgehead atoms. The van der Waals surface area contributed by atoms with Crippen molar-refractivity contribution in [2.45, 2.75) is 30.2 Å². The second kappa shape index (κ2) is 5.40. The van der Waals surface area contributed by atoms with Gasteiger partial charge in [0, 0.05) is 6.54 Å². The average Bonchev–Trinajstić information content (AvgIpc) is 2.47. The van der Waals surface area contributed by atoms with Crippen LogP contribution in [-0.2, 0) is 10.0 Å². The quantitative estimate of drug-likeness (QED) is 0.821. The third-order valence-electron chi connectivity index (χ3n) is 3.19. The fourth-order valence-electron chi connectivity index (χ4n) is 2.16. The summed E-state index contributed by atoms with van der Waals surface area (Å²) in [5, 5.41) is 17.8. The molecule has 0 radical (unpaired) electrons. The summed E-state index contributed by atoms with van der Waals surface area (Å²) in [5.41, 5.74) is 0.412. The van der Waals surface area contributed by atoms with Crippen molar-refractivity contribution in [3.05, 3.63) is 29.8 Å². The molecule has 0 amide bonds. The highest BCUT2D eigenvalue weighted by atomic mass is 32.2. The molecule has 0 spiro atoms. The van der Waals surface area contributed by atoms with E-state index >= 15 is 0 Å². The predicted molar refractivity (Wildman–Crippen MR) is 68.3 cm³/mol. The molecule has 1 unspecified atom stereocenters. The largest absolute Gasteiger partial charge is 0.244 e. The molecule has 1 aliphatic heterocycles. The van der Waals surface area contributed by atoms with Gasteiger partial charge in [-0.15, -0.1) is 0 Å². The van der Waals surface area contributed by atoms with E-state index in [0.29, 0.717) is 18.5 Å². The van der Waals surface area contributed by atoms with Gasteiger partial charge in [0.2, 0.25) is 10.0 Å². The molecule has 5 nitrogen and oxygen atoms in total. The lowest BCUT2D eigenvalue weighted by Crippen LogP contribution is -2.42. The molecular weight excluding hydrogens is 262 g/mol. The van der Waals surface area contributed by atoms with Gasteiger partial charge in [-0.05, 0) is 43.5 Å². The zero-order valence-corrected chi connectivity index (χ0v) is 11.1. The normalized spacial score (nSPS) is 20.4. The van der Waals surface area contributed by atoms with Gasteiger partial charge in [-0.2, -0.15) is 14.8 Å². The van der Waals surface area contributed by atoms with Gasteiger partial charge in [-0.3, -0.25) is 0 Å². The Labute approximate surface area is 112 Å². The van der Waals surface area contributed by atoms with Crippen LogP contribution in [0.15, 0.2) is 29.2 Å². The smallest absolute Gasteiger partial charge is 0.207 e. The van der Waals surface area contributed by atoms with Crippen LogP contribution in [-0.4, -0.2) is 25.3 Å². The Morgan fingerprint density at radius 3 is 2.42 bits per heavy atom. The van der Waals surface area contributed by atoms with Crippen molar-refractivity contribution < 1.29 is 8.42 Å². The van der Waals surface area contributed by atoms with Crippen molar-refractivity contribution in [1.82, 2.24) is 4.31 Å². The molecule has 1 aliphatic rings. The molecule has 19 heavy (non-hydrogen) atoms. The van der Waals surface area contributed by atoms with Gasteiger partial charge < -0.3 is 0 Å². The molecule has 1 aromatic rings. The van der Waals surface area contributed by atoms with E-state index < -0.39 is 16.1 Å². The Hall–Kier alpha value is -1.89. The summed E-state index contributed by atoms with van der Waals surface area (Å²) in [7, 11) is -3.65. The van der Waals surface area contributed by atoms with Crippen LogP contribution in [0, 0.1) is 22.7 Å². The van der Waals surface area contributed by atoms with Crippen molar-refractivity contribution >= 4 is 10.0 Å². The predicted octanol–water partition coefficient (Wildman–Crippen LogP) is 1.63. The fraction of sp³-hybridized carbons (Fsp3) is 0.385. The second-order valence-electron chi connectivity index (χ2n) is 4.39. The second-order valence-corrected chi connectivity index (χ2v) is 6.28. The van der Waals surface area contributed by atoms with E-state index in [9.17, 15) is 8.42 Å². The Morgan fingerprint density at radius 1 is 1.16 bits per heavy atom. The highest BCUT2D eigenvalue weighted by molar-refractivity contribution is 7.89. The van der Waals surface area contributed by atoms with Gasteiger partial charge in [0.1, 0.15) is 6.04 Å². The molecule has 1 fully saturated rings. The van der Waals surface area contributed by atoms with Crippen LogP contribution in [0.5, 0.6) is 0 Å². The molecule has 1 saturated heterocycles. The molecule has 0 N–H and O–H groups in total. The summed E-state index contributed by atoms with van der Waals surface area (Å²) in [5.74, 6) is 0. The molecule has 1 aromatic carbocycles. The van der Waals surface area contributed by atoms with E-state index in [1.54, 1.807) is 0 Å². The molecule has 6 heteroatoms. The van der Waals surface area contributed by atoms with Crippen LogP contribution < -0.4 is 0 Å². The zero-order valence-electron chi connectivity index (χ0n) is 10.3. The first kappa shape index (κ1) is 13.5. The minimum Gasteiger partial charge on any atom is -0.207 e. The summed E-state index contributed by atoms with van der Waals surface area (Å²) in [6, 6.07) is 9.17. The SMILES string of the molecule is N#Cc1ccc(S(=O)(=O)N2CCCCC2C#N)cc1. The van der Waals surface area contributed by atoms with Crippen molar-refractivity contribution in [2.24, 2.45) is 0 Å². The monoisotopic (exact) mass is 275 g/mol. The Kier molecular flexibility index (Phi) is 3.84. The van der Waals surface area contributed by atoms with Crippen molar-refractivity contribution in [3.63, 3.8) is 0 Å². The summed E-state index contributed by atoms with van der Waals surface area (Å²) in [6.07, 6.45) is 2.22. The number of nitriles is 2. The van der Waals surface area contributed by atoms with Crippen molar-refractivity contribution in [2.75, 3.05) is 6.54 Å². The van der Waals surface area contributed by atoms with Gasteiger partial charge in [-0.1, -0.05) is 0 Å². The molecular formula is C13H13N3O2S. The van der Waals surface area contributed by atoms with E-state index in [4.69, 9.17) is 10.5 Å². The molecule has 1 heterocycles. The minimum absolute atomic E-state index is 0.133. The van der Waals surface area contributed by atoms with E-state index in [-0.39, 0.29) is 4.90 Å². The van der Waals surface area contributed by atoms with Gasteiger partial charge in [0.25, 0.3) is 0 Å². The number of sulfonamides is 1. The minimum atomic E-state index is -3.65. The Bertz CT molecular complexity index is 638. The van der Waals surface area contributed by atoms with E-state index in [1.165, 1.54) is 28.6 Å². The van der Waals surface area contributed by atoms with Crippen LogP contribution in [0.3, 0.4) is 0 Å². The zero-order chi connectivity index (χ0) is 13.9. The van der Waals surface area contributed by atoms with Crippen LogP contribution in [0.2, 0.25) is 0 Å². The molecule has 0 aliphatic carbocycles. The number of nitrogens with zero attached hydrogens (tertiary/aromatic N) is 3. The maximum Gasteiger partial charge on any atom is 0.244 e. The number of benzene rings is 1. The third kappa shape index (κ3) is 2.60. The summed E-state index contributed by atoms with van der Waals surface area (Å²) in [4.78, 5) is 0.133. The molecule has 0 saturated carbocycles. The topological polar surface area (TPSA) is 85.0 Å². The number of hydrogen-bond donors (Lipinski definition) is 0. The van der Waals surface area contributed by atoms with Crippen LogP contribution in [0.4, 0.5) is 0 Å². The maximum absolute atomic E-state index is 12.4. The first-order chi connectivity index (χ1) is 9.09. The van der Waals surface area contributed by atoms with Crippen molar-refractivity contribution in [3.8, 4) is 12.1 Å². The number of piperidine rings is 1. The van der Waals surface area contributed by atoms with Gasteiger partial charge in [-0.25, -0.2) is 8.42 Å². The molecule has 98 valence electrons. The summed E-state index contributed by atoms with van der Waals surface area (Å²) in [6.45, 7) is 0.376. The van der Waals surface area contributed by atoms with Crippen LogP contribution in [0.1, 0.15) is 24.8 Å². The molecule has 2 rings (SSSR count). The summed E-state index contributed by atoms with van der Waals surface area (Å²) < 4.78 is 26.2. The lowest BCUT2D eigenvalue weighted by Gasteiger charge is -2.30. The average molecular weight is 275 g/mol. The van der Waals surface area contributed by atoms with E-state index in [0.717, 1.165) is 12.8 Å². The van der Waals surface area contributed by atoms with Crippen LogP contribution >= 0.6 is 0 Å². The first-order valence-corrected chi connectivity index (χ1v) is 7.45. The molecule has 1 atom stereocenters. The van der Waals surface area contributed by atoms with Crippen molar-refractivity contribution in [1.29, 1.82) is 10.5 Å². The molecule has 0 aromatic heterocycles. The van der Waals surface area contributed by atoms with Gasteiger partial charge in [0.15, 0.2) is 0 Å². The number of hydrogen-bond acceptors (Lipinski definition) is 4. The fourth-order valence-corrected chi connectivity index (χ4v) is 3.77. The van der Waals surface area contributed by atoms with E-state index in [1.807, 2.05) is 12.1 Å². The first-order valence-electron chi connectivity index (χ1n) is 6.01. The Morgan fingerprint density at radius 2 is 1.84 bits per heavy atom. The highest BCUT2D eigenvalue weighted by Crippen LogP contribution is 2.25. The van der Waals surface area contributed by atoms with E-state index in [2.05, 4.69) is 0 Å².